The molecule has 1 aliphatic rings. The molecule has 1 fully saturated rings. The summed E-state index contributed by atoms with van der Waals surface area (Å²) in [7, 11) is 0. The second-order valence-corrected chi connectivity index (χ2v) is 6.41. The number of hydrogen-bond acceptors (Lipinski definition) is 5. The van der Waals surface area contributed by atoms with Gasteiger partial charge in [0.1, 0.15) is 5.76 Å². The quantitative estimate of drug-likeness (QED) is 0.718. The van der Waals surface area contributed by atoms with Crippen LogP contribution in [0.4, 0.5) is 0 Å². The van der Waals surface area contributed by atoms with E-state index in [1.807, 2.05) is 29.2 Å². The van der Waals surface area contributed by atoms with Crippen molar-refractivity contribution < 1.29 is 9.21 Å². The lowest BCUT2D eigenvalue weighted by Crippen LogP contribution is -2.34. The molecule has 0 saturated carbocycles. The highest BCUT2D eigenvalue weighted by atomic mass is 16.3. The third-order valence-corrected chi connectivity index (χ3v) is 4.72. The van der Waals surface area contributed by atoms with Crippen LogP contribution in [0.1, 0.15) is 47.8 Å². The molecule has 0 aromatic carbocycles. The number of furan rings is 1. The van der Waals surface area contributed by atoms with Gasteiger partial charge in [-0.3, -0.25) is 9.78 Å². The predicted octanol–water partition coefficient (Wildman–Crippen LogP) is 3.89. The highest BCUT2D eigenvalue weighted by molar-refractivity contribution is 5.94. The van der Waals surface area contributed by atoms with Gasteiger partial charge >= 0.3 is 0 Å². The highest BCUT2D eigenvalue weighted by Gasteiger charge is 2.29. The molecule has 0 bridgehead atoms. The van der Waals surface area contributed by atoms with Crippen LogP contribution in [-0.2, 0) is 0 Å². The first kappa shape index (κ1) is 16.4. The monoisotopic (exact) mass is 348 g/mol. The lowest BCUT2D eigenvalue weighted by atomic mass is 10.1. The Morgan fingerprint density at radius 1 is 1.08 bits per heavy atom. The van der Waals surface area contributed by atoms with Gasteiger partial charge in [-0.2, -0.15) is 0 Å². The van der Waals surface area contributed by atoms with Crippen molar-refractivity contribution in [1.29, 1.82) is 0 Å². The summed E-state index contributed by atoms with van der Waals surface area (Å²) in [6.45, 7) is 0.719. The van der Waals surface area contributed by atoms with Crippen LogP contribution < -0.4 is 0 Å². The molecule has 0 aliphatic carbocycles. The zero-order valence-electron chi connectivity index (χ0n) is 14.4. The SMILES string of the molecule is O=C(c1cnc(-c2ccncc2)nc1)N1CCCCC[C@H]1c1ccco1. The Hall–Kier alpha value is -3.02. The van der Waals surface area contributed by atoms with Crippen LogP contribution >= 0.6 is 0 Å². The Morgan fingerprint density at radius 2 is 1.88 bits per heavy atom. The van der Waals surface area contributed by atoms with Crippen molar-refractivity contribution in [1.82, 2.24) is 19.9 Å². The third-order valence-electron chi connectivity index (χ3n) is 4.72. The van der Waals surface area contributed by atoms with Crippen LogP contribution in [0.25, 0.3) is 11.4 Å². The first-order valence-corrected chi connectivity index (χ1v) is 8.90. The fourth-order valence-electron chi connectivity index (χ4n) is 3.38. The van der Waals surface area contributed by atoms with E-state index in [0.29, 0.717) is 11.4 Å². The van der Waals surface area contributed by atoms with Gasteiger partial charge in [-0.25, -0.2) is 9.97 Å². The normalized spacial score (nSPS) is 17.7. The fraction of sp³-hybridized carbons (Fsp3) is 0.300. The first-order chi connectivity index (χ1) is 12.8. The number of likely N-dealkylation sites (tertiary alicyclic amines) is 1. The van der Waals surface area contributed by atoms with Gasteiger partial charge in [-0.1, -0.05) is 12.8 Å². The van der Waals surface area contributed by atoms with Gasteiger partial charge in [0.05, 0.1) is 17.9 Å². The Morgan fingerprint density at radius 3 is 2.62 bits per heavy atom. The van der Waals surface area contributed by atoms with Gasteiger partial charge in [-0.15, -0.1) is 0 Å². The summed E-state index contributed by atoms with van der Waals surface area (Å²) in [6.07, 6.45) is 12.4. The third kappa shape index (κ3) is 3.35. The van der Waals surface area contributed by atoms with Crippen LogP contribution in [0.3, 0.4) is 0 Å². The van der Waals surface area contributed by atoms with Gasteiger partial charge in [0.2, 0.25) is 0 Å². The topological polar surface area (TPSA) is 72.1 Å². The Balaban J connectivity index is 1.59. The molecule has 132 valence electrons. The summed E-state index contributed by atoms with van der Waals surface area (Å²) in [5, 5.41) is 0. The summed E-state index contributed by atoms with van der Waals surface area (Å²) in [5.41, 5.74) is 1.38. The standard InChI is InChI=1S/C20H20N4O2/c25-20(16-13-22-19(23-14-16)15-7-9-21-10-8-15)24-11-3-1-2-5-17(24)18-6-4-12-26-18/h4,6-10,12-14,17H,1-3,5,11H2/t17-/m0/s1. The maximum atomic E-state index is 13.1. The Kier molecular flexibility index (Phi) is 4.73. The second kappa shape index (κ2) is 7.47. The van der Waals surface area contributed by atoms with Crippen molar-refractivity contribution in [3.63, 3.8) is 0 Å². The molecule has 0 radical (unpaired) electrons. The second-order valence-electron chi connectivity index (χ2n) is 6.41. The smallest absolute Gasteiger partial charge is 0.257 e. The number of pyridine rings is 1. The zero-order chi connectivity index (χ0) is 17.8. The number of carbonyl (C=O) groups is 1. The van der Waals surface area contributed by atoms with E-state index in [2.05, 4.69) is 15.0 Å². The highest BCUT2D eigenvalue weighted by Crippen LogP contribution is 2.31. The van der Waals surface area contributed by atoms with Crippen molar-refractivity contribution in [2.75, 3.05) is 6.54 Å². The molecule has 1 amide bonds. The van der Waals surface area contributed by atoms with Crippen LogP contribution in [0.5, 0.6) is 0 Å². The molecule has 1 aliphatic heterocycles. The van der Waals surface area contributed by atoms with E-state index >= 15 is 0 Å². The maximum absolute atomic E-state index is 13.1. The van der Waals surface area contributed by atoms with Gasteiger partial charge in [0.25, 0.3) is 5.91 Å². The Bertz CT molecular complexity index is 847. The van der Waals surface area contributed by atoms with Gasteiger partial charge in [0.15, 0.2) is 5.82 Å². The number of rotatable bonds is 3. The van der Waals surface area contributed by atoms with Crippen LogP contribution in [-0.4, -0.2) is 32.3 Å². The molecular weight excluding hydrogens is 328 g/mol. The van der Waals surface area contributed by atoms with Gasteiger partial charge in [-0.05, 0) is 37.1 Å². The predicted molar refractivity (Wildman–Crippen MR) is 96.2 cm³/mol. The summed E-state index contributed by atoms with van der Waals surface area (Å²) in [5.74, 6) is 1.38. The molecular formula is C20H20N4O2. The van der Waals surface area contributed by atoms with Crippen LogP contribution in [0, 0.1) is 0 Å². The molecule has 3 aromatic rings. The number of hydrogen-bond donors (Lipinski definition) is 0. The molecule has 6 nitrogen and oxygen atoms in total. The zero-order valence-corrected chi connectivity index (χ0v) is 14.4. The van der Waals surface area contributed by atoms with Crippen molar-refractivity contribution >= 4 is 5.91 Å². The molecule has 1 atom stereocenters. The molecule has 3 aromatic heterocycles. The van der Waals surface area contributed by atoms with Gasteiger partial charge < -0.3 is 9.32 Å². The van der Waals surface area contributed by atoms with Crippen molar-refractivity contribution in [3.05, 3.63) is 66.6 Å². The van der Waals surface area contributed by atoms with E-state index in [1.165, 1.54) is 0 Å². The number of aromatic nitrogens is 3. The lowest BCUT2D eigenvalue weighted by Gasteiger charge is -2.28. The number of carbonyl (C=O) groups excluding carboxylic acids is 1. The van der Waals surface area contributed by atoms with Crippen molar-refractivity contribution in [2.45, 2.75) is 31.7 Å². The van der Waals surface area contributed by atoms with E-state index < -0.39 is 0 Å². The summed E-state index contributed by atoms with van der Waals surface area (Å²) in [4.78, 5) is 27.7. The Labute approximate surface area is 151 Å². The molecule has 0 N–H and O–H groups in total. The molecule has 4 rings (SSSR count). The largest absolute Gasteiger partial charge is 0.467 e. The van der Waals surface area contributed by atoms with E-state index in [1.54, 1.807) is 31.1 Å². The van der Waals surface area contributed by atoms with Crippen molar-refractivity contribution in [2.24, 2.45) is 0 Å². The lowest BCUT2D eigenvalue weighted by molar-refractivity contribution is 0.0657. The fourth-order valence-corrected chi connectivity index (χ4v) is 3.38. The van der Waals surface area contributed by atoms with Crippen LogP contribution in [0.2, 0.25) is 0 Å². The molecule has 0 unspecified atom stereocenters. The van der Waals surface area contributed by atoms with E-state index in [4.69, 9.17) is 4.42 Å². The van der Waals surface area contributed by atoms with E-state index in [-0.39, 0.29) is 11.9 Å². The molecule has 4 heterocycles. The number of nitrogens with zero attached hydrogens (tertiary/aromatic N) is 4. The molecule has 26 heavy (non-hydrogen) atoms. The summed E-state index contributed by atoms with van der Waals surface area (Å²) < 4.78 is 5.59. The average molecular weight is 348 g/mol. The average Bonchev–Trinajstić information content (AvgIpc) is 3.13. The number of amides is 1. The molecule has 6 heteroatoms. The molecule has 1 saturated heterocycles. The van der Waals surface area contributed by atoms with Crippen molar-refractivity contribution in [3.8, 4) is 11.4 Å². The van der Waals surface area contributed by atoms with E-state index in [0.717, 1.165) is 43.6 Å². The maximum Gasteiger partial charge on any atom is 0.257 e. The van der Waals surface area contributed by atoms with Crippen LogP contribution in [0.15, 0.2) is 59.7 Å². The first-order valence-electron chi connectivity index (χ1n) is 8.90. The minimum absolute atomic E-state index is 0.0279. The summed E-state index contributed by atoms with van der Waals surface area (Å²) in [6, 6.07) is 7.48. The minimum atomic E-state index is -0.0467. The minimum Gasteiger partial charge on any atom is -0.467 e. The van der Waals surface area contributed by atoms with Gasteiger partial charge in [0, 0.05) is 36.9 Å². The van der Waals surface area contributed by atoms with E-state index in [9.17, 15) is 4.79 Å². The summed E-state index contributed by atoms with van der Waals surface area (Å²) >= 11 is 0. The molecule has 0 spiro atoms.